The van der Waals surface area contributed by atoms with Gasteiger partial charge in [-0.15, -0.1) is 11.3 Å². The Bertz CT molecular complexity index is 862. The summed E-state index contributed by atoms with van der Waals surface area (Å²) in [5, 5.41) is 11.5. The number of hydrogen-bond acceptors (Lipinski definition) is 4. The minimum absolute atomic E-state index is 0.297. The van der Waals surface area contributed by atoms with Crippen LogP contribution in [0.3, 0.4) is 0 Å². The van der Waals surface area contributed by atoms with Gasteiger partial charge in [-0.25, -0.2) is 4.39 Å². The Morgan fingerprint density at radius 2 is 1.74 bits per heavy atom. The van der Waals surface area contributed by atoms with Crippen molar-refractivity contribution in [1.29, 1.82) is 0 Å². The molecule has 0 aliphatic heterocycles. The van der Waals surface area contributed by atoms with Gasteiger partial charge < -0.3 is 14.6 Å². The summed E-state index contributed by atoms with van der Waals surface area (Å²) in [6.07, 6.45) is 0.352. The predicted octanol–water partition coefficient (Wildman–Crippen LogP) is 4.76. The van der Waals surface area contributed by atoms with E-state index in [1.165, 1.54) is 23.5 Å². The van der Waals surface area contributed by atoms with Gasteiger partial charge >= 0.3 is 5.97 Å². The van der Waals surface area contributed by atoms with Gasteiger partial charge in [0.1, 0.15) is 30.5 Å². The molecule has 0 saturated carbocycles. The molecule has 0 fully saturated rings. The van der Waals surface area contributed by atoms with Crippen molar-refractivity contribution in [2.45, 2.75) is 12.3 Å². The summed E-state index contributed by atoms with van der Waals surface area (Å²) < 4.78 is 24.2. The fourth-order valence-corrected chi connectivity index (χ4v) is 3.49. The molecular formula is C21H19FO4S. The number of carbonyl (C=O) groups is 1. The summed E-state index contributed by atoms with van der Waals surface area (Å²) in [6, 6.07) is 16.9. The molecule has 2 aromatic carbocycles. The second-order valence-corrected chi connectivity index (χ2v) is 6.85. The Kier molecular flexibility index (Phi) is 6.44. The van der Waals surface area contributed by atoms with E-state index >= 15 is 0 Å². The van der Waals surface area contributed by atoms with Gasteiger partial charge in [0.15, 0.2) is 0 Å². The smallest absolute Gasteiger partial charge is 0.312 e. The number of para-hydroxylation sites is 1. The van der Waals surface area contributed by atoms with Crippen LogP contribution in [0.4, 0.5) is 4.39 Å². The van der Waals surface area contributed by atoms with E-state index < -0.39 is 11.9 Å². The van der Waals surface area contributed by atoms with Gasteiger partial charge in [0.05, 0.1) is 5.92 Å². The fraction of sp³-hybridized carbons (Fsp3) is 0.190. The summed E-state index contributed by atoms with van der Waals surface area (Å²) in [5.41, 5.74) is 0.833. The highest BCUT2D eigenvalue weighted by molar-refractivity contribution is 7.10. The topological polar surface area (TPSA) is 55.8 Å². The maximum Gasteiger partial charge on any atom is 0.312 e. The molecule has 0 saturated heterocycles. The van der Waals surface area contributed by atoms with Crippen molar-refractivity contribution < 1.29 is 23.8 Å². The largest absolute Gasteiger partial charge is 0.490 e. The third-order valence-corrected chi connectivity index (χ3v) is 4.99. The zero-order valence-electron chi connectivity index (χ0n) is 14.5. The van der Waals surface area contributed by atoms with E-state index in [-0.39, 0.29) is 5.82 Å². The first-order valence-corrected chi connectivity index (χ1v) is 9.37. The third kappa shape index (κ3) is 5.31. The van der Waals surface area contributed by atoms with Crippen LogP contribution in [0.25, 0.3) is 0 Å². The van der Waals surface area contributed by atoms with Crippen LogP contribution in [0.5, 0.6) is 11.5 Å². The zero-order chi connectivity index (χ0) is 19.1. The summed E-state index contributed by atoms with van der Waals surface area (Å²) in [4.78, 5) is 12.5. The normalized spacial score (nSPS) is 11.7. The SMILES string of the molecule is O=C(O)C(Cc1ccccc1OCCOc1ccc(F)cc1)c1cccs1. The number of aliphatic carboxylic acids is 1. The van der Waals surface area contributed by atoms with Gasteiger partial charge in [-0.3, -0.25) is 4.79 Å². The lowest BCUT2D eigenvalue weighted by Gasteiger charge is -2.15. The van der Waals surface area contributed by atoms with Crippen LogP contribution in [-0.2, 0) is 11.2 Å². The van der Waals surface area contributed by atoms with Crippen molar-refractivity contribution >= 4 is 17.3 Å². The van der Waals surface area contributed by atoms with Crippen molar-refractivity contribution in [3.05, 3.63) is 82.3 Å². The van der Waals surface area contributed by atoms with Crippen molar-refractivity contribution in [2.24, 2.45) is 0 Å². The van der Waals surface area contributed by atoms with Gasteiger partial charge in [-0.05, 0) is 53.8 Å². The Hall–Kier alpha value is -2.86. The van der Waals surface area contributed by atoms with Crippen LogP contribution in [0.2, 0.25) is 0 Å². The first-order chi connectivity index (χ1) is 13.1. The van der Waals surface area contributed by atoms with Crippen molar-refractivity contribution in [1.82, 2.24) is 0 Å². The molecule has 6 heteroatoms. The molecule has 1 aromatic heterocycles. The number of carboxylic acid groups (broad SMARTS) is 1. The van der Waals surface area contributed by atoms with E-state index in [4.69, 9.17) is 9.47 Å². The van der Waals surface area contributed by atoms with E-state index in [0.717, 1.165) is 10.4 Å². The molecule has 3 aromatic rings. The number of benzene rings is 2. The first kappa shape index (κ1) is 18.9. The van der Waals surface area contributed by atoms with Gasteiger partial charge in [-0.2, -0.15) is 0 Å². The zero-order valence-corrected chi connectivity index (χ0v) is 15.3. The Morgan fingerprint density at radius 3 is 2.44 bits per heavy atom. The standard InChI is InChI=1S/C21H19FO4S/c22-16-7-9-17(10-8-16)25-11-12-26-19-5-2-1-4-15(19)14-18(21(23)24)20-6-3-13-27-20/h1-10,13,18H,11-12,14H2,(H,23,24). The van der Waals surface area contributed by atoms with Crippen molar-refractivity contribution in [3.63, 3.8) is 0 Å². The van der Waals surface area contributed by atoms with E-state index in [0.29, 0.717) is 31.1 Å². The van der Waals surface area contributed by atoms with E-state index in [2.05, 4.69) is 0 Å². The van der Waals surface area contributed by atoms with Crippen LogP contribution < -0.4 is 9.47 Å². The average molecular weight is 386 g/mol. The highest BCUT2D eigenvalue weighted by Crippen LogP contribution is 2.29. The highest BCUT2D eigenvalue weighted by atomic mass is 32.1. The van der Waals surface area contributed by atoms with Crippen molar-refractivity contribution in [2.75, 3.05) is 13.2 Å². The number of ether oxygens (including phenoxy) is 2. The lowest BCUT2D eigenvalue weighted by molar-refractivity contribution is -0.138. The molecule has 140 valence electrons. The number of carboxylic acids is 1. The Labute approximate surface area is 160 Å². The predicted molar refractivity (Wildman–Crippen MR) is 102 cm³/mol. The second kappa shape index (κ2) is 9.19. The molecule has 0 bridgehead atoms. The molecule has 0 aliphatic rings. The number of hydrogen-bond donors (Lipinski definition) is 1. The third-order valence-electron chi connectivity index (χ3n) is 4.00. The molecule has 27 heavy (non-hydrogen) atoms. The monoisotopic (exact) mass is 386 g/mol. The van der Waals surface area contributed by atoms with Gasteiger partial charge in [0, 0.05) is 4.88 Å². The molecule has 1 N–H and O–H groups in total. The minimum atomic E-state index is -0.855. The Balaban J connectivity index is 1.60. The molecule has 1 atom stereocenters. The summed E-state index contributed by atoms with van der Waals surface area (Å²) >= 11 is 1.44. The second-order valence-electron chi connectivity index (χ2n) is 5.87. The van der Waals surface area contributed by atoms with Crippen LogP contribution >= 0.6 is 11.3 Å². The molecular weight excluding hydrogens is 367 g/mol. The molecule has 1 unspecified atom stereocenters. The molecule has 4 nitrogen and oxygen atoms in total. The van der Waals surface area contributed by atoms with Crippen LogP contribution in [0, 0.1) is 5.82 Å². The molecule has 1 heterocycles. The first-order valence-electron chi connectivity index (χ1n) is 8.49. The van der Waals surface area contributed by atoms with E-state index in [1.54, 1.807) is 12.1 Å². The van der Waals surface area contributed by atoms with Crippen molar-refractivity contribution in [3.8, 4) is 11.5 Å². The highest BCUT2D eigenvalue weighted by Gasteiger charge is 2.22. The summed E-state index contributed by atoms with van der Waals surface area (Å²) in [7, 11) is 0. The van der Waals surface area contributed by atoms with E-state index in [1.807, 2.05) is 41.8 Å². The quantitative estimate of drug-likeness (QED) is 0.539. The number of thiophene rings is 1. The summed E-state index contributed by atoms with van der Waals surface area (Å²) in [5.74, 6) is -0.566. The fourth-order valence-electron chi connectivity index (χ4n) is 2.67. The number of rotatable bonds is 9. The average Bonchev–Trinajstić information content (AvgIpc) is 3.19. The molecule has 0 radical (unpaired) electrons. The molecule has 0 spiro atoms. The van der Waals surface area contributed by atoms with Crippen LogP contribution in [0.15, 0.2) is 66.0 Å². The Morgan fingerprint density at radius 1 is 1.00 bits per heavy atom. The summed E-state index contributed by atoms with van der Waals surface area (Å²) in [6.45, 7) is 0.596. The molecule has 0 amide bonds. The van der Waals surface area contributed by atoms with Gasteiger partial charge in [0.2, 0.25) is 0 Å². The lowest BCUT2D eigenvalue weighted by Crippen LogP contribution is -2.15. The maximum absolute atomic E-state index is 12.9. The van der Waals surface area contributed by atoms with Gasteiger partial charge in [0.25, 0.3) is 0 Å². The van der Waals surface area contributed by atoms with Gasteiger partial charge in [-0.1, -0.05) is 24.3 Å². The number of halogens is 1. The lowest BCUT2D eigenvalue weighted by atomic mass is 9.97. The van der Waals surface area contributed by atoms with E-state index in [9.17, 15) is 14.3 Å². The van der Waals surface area contributed by atoms with Crippen LogP contribution in [-0.4, -0.2) is 24.3 Å². The minimum Gasteiger partial charge on any atom is -0.490 e. The van der Waals surface area contributed by atoms with Crippen LogP contribution in [0.1, 0.15) is 16.4 Å². The molecule has 0 aliphatic carbocycles. The maximum atomic E-state index is 12.9. The molecule has 3 rings (SSSR count).